The number of carbonyl (C=O) groups excluding carboxylic acids is 2. The number of amides is 2. The molecule has 0 aliphatic carbocycles. The smallest absolute Gasteiger partial charge is 0.253 e. The van der Waals surface area contributed by atoms with E-state index in [1.54, 1.807) is 12.4 Å². The second-order valence-electron chi connectivity index (χ2n) is 4.95. The summed E-state index contributed by atoms with van der Waals surface area (Å²) < 4.78 is 0. The third kappa shape index (κ3) is 2.32. The van der Waals surface area contributed by atoms with Crippen LogP contribution in [0.3, 0.4) is 0 Å². The van der Waals surface area contributed by atoms with Gasteiger partial charge in [0, 0.05) is 6.20 Å². The highest BCUT2D eigenvalue weighted by atomic mass is 16.2. The van der Waals surface area contributed by atoms with Crippen molar-refractivity contribution in [3.8, 4) is 0 Å². The molecule has 0 atom stereocenters. The van der Waals surface area contributed by atoms with Crippen LogP contribution < -0.4 is 10.2 Å². The minimum atomic E-state index is -0.779. The summed E-state index contributed by atoms with van der Waals surface area (Å²) in [6, 6.07) is 1.87. The number of hydrogen-bond donors (Lipinski definition) is 1. The number of nitrogens with zero attached hydrogens (tertiary/aromatic N) is 2. The molecule has 1 N–H and O–H groups in total. The van der Waals surface area contributed by atoms with Gasteiger partial charge >= 0.3 is 0 Å². The van der Waals surface area contributed by atoms with Crippen molar-refractivity contribution in [1.29, 1.82) is 0 Å². The molecular formula is C14H19N3O2. The van der Waals surface area contributed by atoms with E-state index < -0.39 is 5.54 Å². The number of carbonyl (C=O) groups is 2. The Morgan fingerprint density at radius 1 is 1.32 bits per heavy atom. The summed E-state index contributed by atoms with van der Waals surface area (Å²) in [4.78, 5) is 30.2. The number of hydrogen-bond acceptors (Lipinski definition) is 3. The first kappa shape index (κ1) is 13.5. The Balaban J connectivity index is 2.40. The van der Waals surface area contributed by atoms with Crippen LogP contribution in [-0.2, 0) is 9.59 Å². The second-order valence-corrected chi connectivity index (χ2v) is 4.95. The van der Waals surface area contributed by atoms with Gasteiger partial charge in [-0.2, -0.15) is 0 Å². The molecule has 5 nitrogen and oxygen atoms in total. The van der Waals surface area contributed by atoms with Crippen molar-refractivity contribution < 1.29 is 9.59 Å². The first-order valence-corrected chi connectivity index (χ1v) is 6.57. The van der Waals surface area contributed by atoms with Crippen LogP contribution in [0.15, 0.2) is 18.5 Å². The van der Waals surface area contributed by atoms with Crippen LogP contribution in [0.5, 0.6) is 0 Å². The van der Waals surface area contributed by atoms with Gasteiger partial charge in [-0.3, -0.25) is 19.5 Å². The van der Waals surface area contributed by atoms with Crippen molar-refractivity contribution in [2.75, 3.05) is 11.4 Å². The van der Waals surface area contributed by atoms with E-state index >= 15 is 0 Å². The Labute approximate surface area is 113 Å². The number of aryl methyl sites for hydroxylation is 1. The fraction of sp³-hybridized carbons (Fsp3) is 0.500. The van der Waals surface area contributed by atoms with E-state index in [0.29, 0.717) is 18.5 Å². The topological polar surface area (TPSA) is 62.3 Å². The van der Waals surface area contributed by atoms with Crippen molar-refractivity contribution in [3.05, 3.63) is 24.0 Å². The third-order valence-electron chi connectivity index (χ3n) is 3.71. The Morgan fingerprint density at radius 3 is 2.58 bits per heavy atom. The first-order chi connectivity index (χ1) is 9.02. The van der Waals surface area contributed by atoms with E-state index in [-0.39, 0.29) is 18.4 Å². The van der Waals surface area contributed by atoms with Gasteiger partial charge in [-0.05, 0) is 31.4 Å². The predicted octanol–water partition coefficient (Wildman–Crippen LogP) is 1.41. The standard InChI is InChI=1S/C14H19N3O2/c1-4-14(5-2)13(19)17(9-12(18)16-14)11-6-10(3)7-15-8-11/h6-8H,4-5,9H2,1-3H3,(H,16,18). The van der Waals surface area contributed by atoms with Crippen molar-refractivity contribution >= 4 is 17.5 Å². The average molecular weight is 261 g/mol. The summed E-state index contributed by atoms with van der Waals surface area (Å²) >= 11 is 0. The molecule has 0 spiro atoms. The maximum atomic E-state index is 12.7. The molecule has 1 aliphatic heterocycles. The third-order valence-corrected chi connectivity index (χ3v) is 3.71. The highest BCUT2D eigenvalue weighted by Crippen LogP contribution is 2.26. The maximum Gasteiger partial charge on any atom is 0.253 e. The monoisotopic (exact) mass is 261 g/mol. The Bertz CT molecular complexity index is 509. The first-order valence-electron chi connectivity index (χ1n) is 6.57. The summed E-state index contributed by atoms with van der Waals surface area (Å²) in [5.74, 6) is -0.172. The number of pyridine rings is 1. The lowest BCUT2D eigenvalue weighted by Crippen LogP contribution is -2.66. The van der Waals surface area contributed by atoms with E-state index in [4.69, 9.17) is 0 Å². The largest absolute Gasteiger partial charge is 0.340 e. The number of anilines is 1. The van der Waals surface area contributed by atoms with Gasteiger partial charge < -0.3 is 5.32 Å². The molecule has 19 heavy (non-hydrogen) atoms. The van der Waals surface area contributed by atoms with Gasteiger partial charge in [0.1, 0.15) is 12.1 Å². The molecule has 1 aliphatic rings. The summed E-state index contributed by atoms with van der Waals surface area (Å²) in [5.41, 5.74) is 0.875. The summed E-state index contributed by atoms with van der Waals surface area (Å²) in [6.07, 6.45) is 4.53. The summed E-state index contributed by atoms with van der Waals surface area (Å²) in [5, 5.41) is 2.84. The highest BCUT2D eigenvalue weighted by molar-refractivity contribution is 6.09. The van der Waals surface area contributed by atoms with Crippen molar-refractivity contribution in [3.63, 3.8) is 0 Å². The van der Waals surface area contributed by atoms with Gasteiger partial charge in [-0.25, -0.2) is 0 Å². The van der Waals surface area contributed by atoms with Crippen LogP contribution in [0.25, 0.3) is 0 Å². The van der Waals surface area contributed by atoms with E-state index in [0.717, 1.165) is 5.56 Å². The van der Waals surface area contributed by atoms with Crippen LogP contribution in [0.1, 0.15) is 32.3 Å². The lowest BCUT2D eigenvalue weighted by Gasteiger charge is -2.41. The molecule has 2 heterocycles. The molecule has 1 aromatic heterocycles. The zero-order chi connectivity index (χ0) is 14.0. The number of piperazine rings is 1. The summed E-state index contributed by atoms with van der Waals surface area (Å²) in [6.45, 7) is 5.81. The van der Waals surface area contributed by atoms with Gasteiger partial charge in [-0.15, -0.1) is 0 Å². The van der Waals surface area contributed by atoms with Gasteiger partial charge in [0.2, 0.25) is 5.91 Å². The molecular weight excluding hydrogens is 242 g/mol. The van der Waals surface area contributed by atoms with E-state index in [2.05, 4.69) is 10.3 Å². The minimum absolute atomic E-state index is 0.0514. The molecule has 1 saturated heterocycles. The highest BCUT2D eigenvalue weighted by Gasteiger charge is 2.44. The predicted molar refractivity (Wildman–Crippen MR) is 72.8 cm³/mol. The van der Waals surface area contributed by atoms with Gasteiger partial charge in [0.05, 0.1) is 11.9 Å². The second kappa shape index (κ2) is 4.99. The molecule has 0 bridgehead atoms. The zero-order valence-corrected chi connectivity index (χ0v) is 11.6. The van der Waals surface area contributed by atoms with Gasteiger partial charge in [-0.1, -0.05) is 13.8 Å². The Hall–Kier alpha value is -1.91. The van der Waals surface area contributed by atoms with E-state index in [1.807, 2.05) is 26.8 Å². The average Bonchev–Trinajstić information content (AvgIpc) is 2.41. The van der Waals surface area contributed by atoms with Crippen LogP contribution >= 0.6 is 0 Å². The minimum Gasteiger partial charge on any atom is -0.340 e. The van der Waals surface area contributed by atoms with Crippen LogP contribution in [0.4, 0.5) is 5.69 Å². The van der Waals surface area contributed by atoms with Gasteiger partial charge in [0.25, 0.3) is 5.91 Å². The molecule has 2 rings (SSSR count). The Morgan fingerprint density at radius 2 is 2.00 bits per heavy atom. The van der Waals surface area contributed by atoms with E-state index in [9.17, 15) is 9.59 Å². The molecule has 0 saturated carbocycles. The lowest BCUT2D eigenvalue weighted by molar-refractivity contribution is -0.136. The maximum absolute atomic E-state index is 12.7. The number of aromatic nitrogens is 1. The van der Waals surface area contributed by atoms with Crippen LogP contribution in [-0.4, -0.2) is 28.9 Å². The number of rotatable bonds is 3. The summed E-state index contributed by atoms with van der Waals surface area (Å²) in [7, 11) is 0. The van der Waals surface area contributed by atoms with Gasteiger partial charge in [0.15, 0.2) is 0 Å². The fourth-order valence-corrected chi connectivity index (χ4v) is 2.46. The molecule has 102 valence electrons. The lowest BCUT2D eigenvalue weighted by atomic mass is 9.88. The SMILES string of the molecule is CCC1(CC)NC(=O)CN(c2cncc(C)c2)C1=O. The Kier molecular flexibility index (Phi) is 3.55. The molecule has 1 fully saturated rings. The molecule has 0 radical (unpaired) electrons. The molecule has 0 unspecified atom stereocenters. The number of nitrogens with one attached hydrogen (secondary N) is 1. The van der Waals surface area contributed by atoms with Crippen molar-refractivity contribution in [1.82, 2.24) is 10.3 Å². The van der Waals surface area contributed by atoms with Crippen LogP contribution in [0, 0.1) is 6.92 Å². The molecule has 2 amide bonds. The van der Waals surface area contributed by atoms with Crippen LogP contribution in [0.2, 0.25) is 0 Å². The quantitative estimate of drug-likeness (QED) is 0.895. The molecule has 0 aromatic carbocycles. The fourth-order valence-electron chi connectivity index (χ4n) is 2.46. The molecule has 1 aromatic rings. The van der Waals surface area contributed by atoms with E-state index in [1.165, 1.54) is 4.90 Å². The normalized spacial score (nSPS) is 18.4. The molecule has 5 heteroatoms. The zero-order valence-electron chi connectivity index (χ0n) is 11.6. The van der Waals surface area contributed by atoms with Crippen molar-refractivity contribution in [2.45, 2.75) is 39.2 Å². The van der Waals surface area contributed by atoms with Crippen molar-refractivity contribution in [2.24, 2.45) is 0 Å².